The molecule has 1 saturated heterocycles. The molecule has 1 unspecified atom stereocenters. The molecule has 0 saturated carbocycles. The van der Waals surface area contributed by atoms with Crippen LogP contribution in [-0.2, 0) is 14.3 Å². The largest absolute Gasteiger partial charge is 0.389 e. The molecule has 120 valence electrons. The van der Waals surface area contributed by atoms with Gasteiger partial charge in [0.2, 0.25) is 5.91 Å². The summed E-state index contributed by atoms with van der Waals surface area (Å²) in [4.78, 5) is 13.4. The minimum absolute atomic E-state index is 0. The maximum Gasteiger partial charge on any atom is 0.228 e. The number of nitrogens with one attached hydrogen (secondary N) is 1. The van der Waals surface area contributed by atoms with Crippen molar-refractivity contribution >= 4 is 18.3 Å². The topological polar surface area (TPSA) is 71.0 Å². The molecule has 1 amide bonds. The molecular weight excluding hydrogens is 284 g/mol. The van der Waals surface area contributed by atoms with Crippen LogP contribution in [0, 0.1) is 5.92 Å². The zero-order chi connectivity index (χ0) is 14.3. The summed E-state index contributed by atoms with van der Waals surface area (Å²) in [6, 6.07) is 0. The summed E-state index contributed by atoms with van der Waals surface area (Å²) in [5.41, 5.74) is 0. The lowest BCUT2D eigenvalue weighted by Crippen LogP contribution is -2.52. The van der Waals surface area contributed by atoms with Crippen LogP contribution in [0.3, 0.4) is 0 Å². The third-order valence-corrected chi connectivity index (χ3v) is 2.98. The first-order valence-electron chi connectivity index (χ1n) is 6.83. The van der Waals surface area contributed by atoms with Crippen LogP contribution in [0.25, 0.3) is 0 Å². The van der Waals surface area contributed by atoms with Crippen molar-refractivity contribution in [3.63, 3.8) is 0 Å². The number of carbonyl (C=O) groups is 1. The highest BCUT2D eigenvalue weighted by Gasteiger charge is 2.28. The van der Waals surface area contributed by atoms with Gasteiger partial charge in [-0.2, -0.15) is 0 Å². The lowest BCUT2D eigenvalue weighted by atomic mass is 10.0. The number of hydrogen-bond acceptors (Lipinski definition) is 5. The quantitative estimate of drug-likeness (QED) is 0.582. The Balaban J connectivity index is 0.00000361. The summed E-state index contributed by atoms with van der Waals surface area (Å²) in [6.45, 7) is 6.91. The van der Waals surface area contributed by atoms with E-state index in [9.17, 15) is 9.90 Å². The number of halogens is 1. The van der Waals surface area contributed by atoms with E-state index in [0.717, 1.165) is 13.1 Å². The molecule has 1 aliphatic heterocycles. The van der Waals surface area contributed by atoms with E-state index in [2.05, 4.69) is 5.32 Å². The number of hydrogen-bond donors (Lipinski definition) is 2. The Labute approximate surface area is 127 Å². The van der Waals surface area contributed by atoms with Gasteiger partial charge in [0.05, 0.1) is 37.9 Å². The van der Waals surface area contributed by atoms with Crippen molar-refractivity contribution in [2.45, 2.75) is 26.1 Å². The van der Waals surface area contributed by atoms with Crippen molar-refractivity contribution in [3.05, 3.63) is 0 Å². The van der Waals surface area contributed by atoms with Crippen LogP contribution >= 0.6 is 12.4 Å². The third-order valence-electron chi connectivity index (χ3n) is 2.98. The van der Waals surface area contributed by atoms with E-state index in [1.807, 2.05) is 13.8 Å². The Morgan fingerprint density at radius 2 is 2.05 bits per heavy atom. The summed E-state index contributed by atoms with van der Waals surface area (Å²) in [5.74, 6) is 0.151. The minimum atomic E-state index is -0.652. The molecule has 7 heteroatoms. The van der Waals surface area contributed by atoms with Gasteiger partial charge in [-0.05, 0) is 13.8 Å². The monoisotopic (exact) mass is 310 g/mol. The standard InChI is InChI=1S/C13H26N2O4.ClH/c1-10(2)19-5-4-18-9-12(16)8-15(3)13(17)11-6-14-7-11;/h10-12,14,16H,4-9H2,1-3H3;1H. The molecule has 1 aliphatic rings. The summed E-state index contributed by atoms with van der Waals surface area (Å²) in [5, 5.41) is 12.8. The van der Waals surface area contributed by atoms with E-state index < -0.39 is 6.10 Å². The molecule has 0 aromatic heterocycles. The number of aliphatic hydroxyl groups excluding tert-OH is 1. The number of carbonyl (C=O) groups excluding carboxylic acids is 1. The maximum absolute atomic E-state index is 11.8. The lowest BCUT2D eigenvalue weighted by Gasteiger charge is -2.31. The highest BCUT2D eigenvalue weighted by molar-refractivity contribution is 5.85. The van der Waals surface area contributed by atoms with Gasteiger partial charge in [0, 0.05) is 26.7 Å². The van der Waals surface area contributed by atoms with Gasteiger partial charge < -0.3 is 24.8 Å². The Kier molecular flexibility index (Phi) is 10.1. The molecule has 0 spiro atoms. The molecule has 0 radical (unpaired) electrons. The second kappa shape index (κ2) is 10.3. The molecular formula is C13H27ClN2O4. The van der Waals surface area contributed by atoms with E-state index in [0.29, 0.717) is 19.8 Å². The van der Waals surface area contributed by atoms with Crippen molar-refractivity contribution in [2.75, 3.05) is 46.5 Å². The van der Waals surface area contributed by atoms with Crippen molar-refractivity contribution in [1.82, 2.24) is 10.2 Å². The summed E-state index contributed by atoms with van der Waals surface area (Å²) < 4.78 is 10.6. The molecule has 0 bridgehead atoms. The molecule has 1 atom stereocenters. The van der Waals surface area contributed by atoms with Gasteiger partial charge in [-0.15, -0.1) is 12.4 Å². The lowest BCUT2D eigenvalue weighted by molar-refractivity contribution is -0.137. The van der Waals surface area contributed by atoms with E-state index in [1.165, 1.54) is 0 Å². The smallest absolute Gasteiger partial charge is 0.228 e. The van der Waals surface area contributed by atoms with Crippen LogP contribution in [0.1, 0.15) is 13.8 Å². The van der Waals surface area contributed by atoms with Gasteiger partial charge in [-0.25, -0.2) is 0 Å². The Hall–Kier alpha value is -0.400. The number of likely N-dealkylation sites (N-methyl/N-ethyl adjacent to an activating group) is 1. The number of amides is 1. The zero-order valence-electron chi connectivity index (χ0n) is 12.5. The van der Waals surface area contributed by atoms with Gasteiger partial charge in [0.25, 0.3) is 0 Å². The van der Waals surface area contributed by atoms with E-state index >= 15 is 0 Å². The molecule has 20 heavy (non-hydrogen) atoms. The fourth-order valence-corrected chi connectivity index (χ4v) is 1.80. The highest BCUT2D eigenvalue weighted by Crippen LogP contribution is 2.07. The molecule has 0 aromatic rings. The van der Waals surface area contributed by atoms with Crippen LogP contribution < -0.4 is 5.32 Å². The Morgan fingerprint density at radius 1 is 1.40 bits per heavy atom. The summed E-state index contributed by atoms with van der Waals surface area (Å²) >= 11 is 0. The molecule has 1 rings (SSSR count). The van der Waals surface area contributed by atoms with Gasteiger partial charge in [-0.1, -0.05) is 0 Å². The normalized spacial score (nSPS) is 16.4. The third kappa shape index (κ3) is 7.40. The second-order valence-electron chi connectivity index (χ2n) is 5.22. The van der Waals surface area contributed by atoms with Crippen molar-refractivity contribution in [2.24, 2.45) is 5.92 Å². The first-order chi connectivity index (χ1) is 9.00. The van der Waals surface area contributed by atoms with E-state index in [1.54, 1.807) is 11.9 Å². The van der Waals surface area contributed by atoms with E-state index in [4.69, 9.17) is 9.47 Å². The fraction of sp³-hybridized carbons (Fsp3) is 0.923. The average Bonchev–Trinajstić information content (AvgIpc) is 2.25. The minimum Gasteiger partial charge on any atom is -0.389 e. The van der Waals surface area contributed by atoms with Crippen LogP contribution in [0.5, 0.6) is 0 Å². The SMILES string of the molecule is CC(C)OCCOCC(O)CN(C)C(=O)C1CNC1.Cl. The predicted molar refractivity (Wildman–Crippen MR) is 79.2 cm³/mol. The number of nitrogens with zero attached hydrogens (tertiary/aromatic N) is 1. The van der Waals surface area contributed by atoms with Gasteiger partial charge in [0.1, 0.15) is 0 Å². The van der Waals surface area contributed by atoms with Crippen LogP contribution in [0.2, 0.25) is 0 Å². The van der Waals surface area contributed by atoms with Crippen LogP contribution in [-0.4, -0.2) is 74.6 Å². The molecule has 0 aliphatic carbocycles. The predicted octanol–water partition coefficient (Wildman–Crippen LogP) is -0.111. The number of ether oxygens (including phenoxy) is 2. The molecule has 2 N–H and O–H groups in total. The number of aliphatic hydroxyl groups is 1. The van der Waals surface area contributed by atoms with Gasteiger partial charge in [0.15, 0.2) is 0 Å². The zero-order valence-corrected chi connectivity index (χ0v) is 13.3. The van der Waals surface area contributed by atoms with Crippen LogP contribution in [0.15, 0.2) is 0 Å². The average molecular weight is 311 g/mol. The molecule has 1 heterocycles. The Morgan fingerprint density at radius 3 is 2.55 bits per heavy atom. The number of rotatable bonds is 9. The van der Waals surface area contributed by atoms with Crippen molar-refractivity contribution < 1.29 is 19.4 Å². The van der Waals surface area contributed by atoms with E-state index in [-0.39, 0.29) is 36.9 Å². The van der Waals surface area contributed by atoms with Crippen LogP contribution in [0.4, 0.5) is 0 Å². The molecule has 1 fully saturated rings. The first-order valence-corrected chi connectivity index (χ1v) is 6.83. The van der Waals surface area contributed by atoms with Gasteiger partial charge >= 0.3 is 0 Å². The Bertz CT molecular complexity index is 275. The maximum atomic E-state index is 11.8. The fourth-order valence-electron chi connectivity index (χ4n) is 1.80. The summed E-state index contributed by atoms with van der Waals surface area (Å²) in [7, 11) is 1.71. The van der Waals surface area contributed by atoms with Crippen molar-refractivity contribution in [1.29, 1.82) is 0 Å². The van der Waals surface area contributed by atoms with Gasteiger partial charge in [-0.3, -0.25) is 4.79 Å². The second-order valence-corrected chi connectivity index (χ2v) is 5.22. The first kappa shape index (κ1) is 19.6. The highest BCUT2D eigenvalue weighted by atomic mass is 35.5. The molecule has 0 aromatic carbocycles. The van der Waals surface area contributed by atoms with Crippen molar-refractivity contribution in [3.8, 4) is 0 Å². The summed E-state index contributed by atoms with van der Waals surface area (Å²) in [6.07, 6.45) is -0.464. The molecule has 6 nitrogen and oxygen atoms in total.